The van der Waals surface area contributed by atoms with E-state index in [0.717, 1.165) is 6.20 Å². The predicted molar refractivity (Wildman–Crippen MR) is 81.2 cm³/mol. The van der Waals surface area contributed by atoms with Crippen LogP contribution in [0.25, 0.3) is 10.9 Å². The summed E-state index contributed by atoms with van der Waals surface area (Å²) in [6.45, 7) is -0.350. The molecule has 0 unspecified atom stereocenters. The second kappa shape index (κ2) is 6.08. The predicted octanol–water partition coefficient (Wildman–Crippen LogP) is 3.26. The Morgan fingerprint density at radius 1 is 1.32 bits per heavy atom. The minimum atomic E-state index is -4.58. The molecule has 0 amide bonds. The molecule has 1 aromatic carbocycles. The van der Waals surface area contributed by atoms with E-state index in [9.17, 15) is 23.1 Å². The van der Waals surface area contributed by atoms with Gasteiger partial charge in [0.05, 0.1) is 5.52 Å². The van der Waals surface area contributed by atoms with E-state index in [1.165, 1.54) is 36.0 Å². The first-order valence-electron chi connectivity index (χ1n) is 7.11. The lowest BCUT2D eigenvalue weighted by Gasteiger charge is -2.12. The summed E-state index contributed by atoms with van der Waals surface area (Å²) < 4.78 is 45.4. The Morgan fingerprint density at radius 3 is 2.76 bits per heavy atom. The van der Waals surface area contributed by atoms with Crippen LogP contribution in [0.5, 0.6) is 5.75 Å². The van der Waals surface area contributed by atoms with Crippen LogP contribution in [0.1, 0.15) is 21.7 Å². The lowest BCUT2D eigenvalue weighted by Crippen LogP contribution is -2.13. The maximum absolute atomic E-state index is 12.9. The normalized spacial score (nSPS) is 11.7. The fourth-order valence-electron chi connectivity index (χ4n) is 2.49. The first kappa shape index (κ1) is 16.7. The summed E-state index contributed by atoms with van der Waals surface area (Å²) in [5, 5.41) is 13.6. The second-order valence-electron chi connectivity index (χ2n) is 5.25. The van der Waals surface area contributed by atoms with Crippen molar-refractivity contribution in [1.29, 1.82) is 0 Å². The number of fused-ring (bicyclic) bond motifs is 1. The third kappa shape index (κ3) is 3.25. The SMILES string of the molecule is Cn1nc2ccc(OCc3cccnc3C(F)(F)F)cc2c1C(=O)O. The number of benzene rings is 1. The third-order valence-corrected chi connectivity index (χ3v) is 3.56. The van der Waals surface area contributed by atoms with Gasteiger partial charge in [-0.1, -0.05) is 6.07 Å². The van der Waals surface area contributed by atoms with Crippen molar-refractivity contribution < 1.29 is 27.8 Å². The van der Waals surface area contributed by atoms with E-state index < -0.39 is 17.8 Å². The molecule has 2 heterocycles. The highest BCUT2D eigenvalue weighted by Crippen LogP contribution is 2.31. The number of ether oxygens (including phenoxy) is 1. The summed E-state index contributed by atoms with van der Waals surface area (Å²) in [5.41, 5.74) is -0.703. The molecule has 0 radical (unpaired) electrons. The Kier molecular flexibility index (Phi) is 4.07. The summed E-state index contributed by atoms with van der Waals surface area (Å²) in [7, 11) is 1.50. The van der Waals surface area contributed by atoms with Crippen LogP contribution >= 0.6 is 0 Å². The summed E-state index contributed by atoms with van der Waals surface area (Å²) in [6, 6.07) is 7.17. The highest BCUT2D eigenvalue weighted by atomic mass is 19.4. The quantitative estimate of drug-likeness (QED) is 0.781. The van der Waals surface area contributed by atoms with Gasteiger partial charge in [-0.25, -0.2) is 4.79 Å². The second-order valence-corrected chi connectivity index (χ2v) is 5.25. The zero-order valence-electron chi connectivity index (χ0n) is 12.9. The van der Waals surface area contributed by atoms with Crippen LogP contribution in [0.4, 0.5) is 13.2 Å². The number of hydrogen-bond acceptors (Lipinski definition) is 4. The molecule has 1 N–H and O–H groups in total. The third-order valence-electron chi connectivity index (χ3n) is 3.56. The van der Waals surface area contributed by atoms with Crippen LogP contribution in [0.3, 0.4) is 0 Å². The number of alkyl halides is 3. The Morgan fingerprint density at radius 2 is 2.08 bits per heavy atom. The molecule has 0 aliphatic heterocycles. The molecule has 0 aliphatic carbocycles. The van der Waals surface area contributed by atoms with E-state index in [4.69, 9.17) is 4.74 Å². The molecule has 0 fully saturated rings. The van der Waals surface area contributed by atoms with E-state index in [1.807, 2.05) is 0 Å². The van der Waals surface area contributed by atoms with Gasteiger partial charge in [-0.3, -0.25) is 9.67 Å². The van der Waals surface area contributed by atoms with Gasteiger partial charge in [0.15, 0.2) is 11.4 Å². The van der Waals surface area contributed by atoms with Gasteiger partial charge in [-0.05, 0) is 24.3 Å². The van der Waals surface area contributed by atoms with Gasteiger partial charge >= 0.3 is 12.1 Å². The Hall–Kier alpha value is -3.10. The smallest absolute Gasteiger partial charge is 0.433 e. The number of halogens is 3. The number of hydrogen-bond donors (Lipinski definition) is 1. The summed E-state index contributed by atoms with van der Waals surface area (Å²) >= 11 is 0. The molecule has 0 saturated carbocycles. The lowest BCUT2D eigenvalue weighted by atomic mass is 10.2. The molecule has 0 spiro atoms. The Balaban J connectivity index is 1.90. The monoisotopic (exact) mass is 351 g/mol. The Bertz CT molecular complexity index is 951. The Labute approximate surface area is 139 Å². The molecular weight excluding hydrogens is 339 g/mol. The minimum absolute atomic E-state index is 0.0298. The van der Waals surface area contributed by atoms with Crippen molar-refractivity contribution in [3.8, 4) is 5.75 Å². The van der Waals surface area contributed by atoms with E-state index in [0.29, 0.717) is 10.9 Å². The van der Waals surface area contributed by atoms with Gasteiger partial charge in [0.1, 0.15) is 12.4 Å². The first-order chi connectivity index (χ1) is 11.8. The number of pyridine rings is 1. The van der Waals surface area contributed by atoms with Gasteiger partial charge < -0.3 is 9.84 Å². The molecule has 0 aliphatic rings. The van der Waals surface area contributed by atoms with Crippen molar-refractivity contribution in [2.45, 2.75) is 12.8 Å². The molecule has 9 heteroatoms. The van der Waals surface area contributed by atoms with Crippen molar-refractivity contribution in [2.75, 3.05) is 0 Å². The molecule has 130 valence electrons. The number of aryl methyl sites for hydroxylation is 1. The first-order valence-corrected chi connectivity index (χ1v) is 7.11. The lowest BCUT2D eigenvalue weighted by molar-refractivity contribution is -0.142. The van der Waals surface area contributed by atoms with Gasteiger partial charge in [0, 0.05) is 24.2 Å². The number of carboxylic acids is 1. The topological polar surface area (TPSA) is 77.2 Å². The minimum Gasteiger partial charge on any atom is -0.489 e. The van der Waals surface area contributed by atoms with Crippen molar-refractivity contribution in [2.24, 2.45) is 7.05 Å². The van der Waals surface area contributed by atoms with Gasteiger partial charge in [0.2, 0.25) is 0 Å². The average Bonchev–Trinajstić information content (AvgIpc) is 2.87. The zero-order valence-corrected chi connectivity index (χ0v) is 12.9. The van der Waals surface area contributed by atoms with E-state index >= 15 is 0 Å². The number of aromatic nitrogens is 3. The number of carbonyl (C=O) groups is 1. The molecular formula is C16H12F3N3O3. The fourth-order valence-corrected chi connectivity index (χ4v) is 2.49. The largest absolute Gasteiger partial charge is 0.489 e. The maximum Gasteiger partial charge on any atom is 0.433 e. The van der Waals surface area contributed by atoms with Gasteiger partial charge in [-0.2, -0.15) is 18.3 Å². The molecule has 0 bridgehead atoms. The van der Waals surface area contributed by atoms with Gasteiger partial charge in [0.25, 0.3) is 0 Å². The zero-order chi connectivity index (χ0) is 18.2. The van der Waals surface area contributed by atoms with Crippen molar-refractivity contribution in [3.05, 3.63) is 53.5 Å². The molecule has 3 aromatic rings. The summed E-state index contributed by atoms with van der Waals surface area (Å²) in [5.74, 6) is -0.922. The van der Waals surface area contributed by atoms with Crippen LogP contribution in [0.2, 0.25) is 0 Å². The molecule has 0 atom stereocenters. The molecule has 25 heavy (non-hydrogen) atoms. The standard InChI is InChI=1S/C16H12F3N3O3/c1-22-13(15(23)24)11-7-10(4-5-12(11)21-22)25-8-9-3-2-6-20-14(9)16(17,18)19/h2-7H,8H2,1H3,(H,23,24). The molecule has 3 rings (SSSR count). The van der Waals surface area contributed by atoms with Crippen LogP contribution in [-0.2, 0) is 19.8 Å². The van der Waals surface area contributed by atoms with Crippen LogP contribution in [0.15, 0.2) is 36.5 Å². The van der Waals surface area contributed by atoms with Crippen molar-refractivity contribution in [1.82, 2.24) is 14.8 Å². The van der Waals surface area contributed by atoms with E-state index in [-0.39, 0.29) is 23.6 Å². The van der Waals surface area contributed by atoms with Crippen molar-refractivity contribution in [3.63, 3.8) is 0 Å². The maximum atomic E-state index is 12.9. The summed E-state index contributed by atoms with van der Waals surface area (Å²) in [4.78, 5) is 14.7. The van der Waals surface area contributed by atoms with E-state index in [2.05, 4.69) is 10.1 Å². The van der Waals surface area contributed by atoms with Crippen LogP contribution in [-0.4, -0.2) is 25.8 Å². The fraction of sp³-hybridized carbons (Fsp3) is 0.188. The number of carboxylic acid groups (broad SMARTS) is 1. The number of rotatable bonds is 4. The van der Waals surface area contributed by atoms with Crippen LogP contribution in [0, 0.1) is 0 Å². The number of nitrogens with zero attached hydrogens (tertiary/aromatic N) is 3. The number of aromatic carboxylic acids is 1. The molecule has 6 nitrogen and oxygen atoms in total. The highest BCUT2D eigenvalue weighted by Gasteiger charge is 2.35. The van der Waals surface area contributed by atoms with Crippen LogP contribution < -0.4 is 4.74 Å². The van der Waals surface area contributed by atoms with Gasteiger partial charge in [-0.15, -0.1) is 0 Å². The van der Waals surface area contributed by atoms with Crippen molar-refractivity contribution >= 4 is 16.9 Å². The highest BCUT2D eigenvalue weighted by molar-refractivity contribution is 6.01. The molecule has 0 saturated heterocycles. The summed E-state index contributed by atoms with van der Waals surface area (Å²) in [6.07, 6.45) is -3.52. The average molecular weight is 351 g/mol. The molecule has 2 aromatic heterocycles. The van der Waals surface area contributed by atoms with E-state index in [1.54, 1.807) is 6.07 Å².